The number of anilines is 4. The Morgan fingerprint density at radius 2 is 0.988 bits per heavy atom. The maximum Gasteiger partial charge on any atom is 0.137 e. The van der Waals surface area contributed by atoms with Gasteiger partial charge in [0, 0.05) is 55.6 Å². The first-order chi connectivity index (χ1) is 40.0. The predicted octanol–water partition coefficient (Wildman–Crippen LogP) is 20.5. The Kier molecular flexibility index (Phi) is 11.7. The van der Waals surface area contributed by atoms with Crippen molar-refractivity contribution in [2.24, 2.45) is 0 Å². The fourth-order valence-electron chi connectivity index (χ4n) is 11.6. The molecular formula is C75H64N4O. The zero-order chi connectivity index (χ0) is 57.2. The maximum absolute atomic E-state index is 8.77. The lowest BCUT2D eigenvalue weighted by atomic mass is 9.85. The van der Waals surface area contributed by atoms with Crippen LogP contribution in [-0.2, 0) is 10.8 Å². The molecule has 5 nitrogen and oxygen atoms in total. The smallest absolute Gasteiger partial charge is 0.137 e. The Labute approximate surface area is 474 Å². The van der Waals surface area contributed by atoms with Gasteiger partial charge in [0.05, 0.1) is 28.1 Å². The Bertz CT molecular complexity index is 4380. The minimum Gasteiger partial charge on any atom is -0.457 e. The number of aromatic nitrogens is 2. The second-order valence-corrected chi connectivity index (χ2v) is 23.1. The summed E-state index contributed by atoms with van der Waals surface area (Å²) < 4.78 is 35.5. The van der Waals surface area contributed by atoms with Gasteiger partial charge in [0.2, 0.25) is 0 Å². The third-order valence-corrected chi connectivity index (χ3v) is 15.8. The lowest BCUT2D eigenvalue weighted by Crippen LogP contribution is -2.25. The number of benzene rings is 10. The van der Waals surface area contributed by atoms with E-state index in [0.29, 0.717) is 29.5 Å². The van der Waals surface area contributed by atoms with E-state index in [0.717, 1.165) is 89.1 Å². The van der Waals surface area contributed by atoms with E-state index in [4.69, 9.17) is 13.8 Å². The zero-order valence-electron chi connectivity index (χ0n) is 49.1. The summed E-state index contributed by atoms with van der Waals surface area (Å²) in [6, 6.07) is 85.1. The van der Waals surface area contributed by atoms with Crippen molar-refractivity contribution in [3.63, 3.8) is 0 Å². The van der Waals surface area contributed by atoms with Gasteiger partial charge in [0.1, 0.15) is 24.0 Å². The van der Waals surface area contributed by atoms with Gasteiger partial charge in [-0.25, -0.2) is 4.98 Å². The minimum absolute atomic E-state index is 0.0157. The van der Waals surface area contributed by atoms with Gasteiger partial charge in [-0.1, -0.05) is 224 Å². The van der Waals surface area contributed by atoms with Crippen LogP contribution in [0.3, 0.4) is 0 Å². The van der Waals surface area contributed by atoms with Crippen molar-refractivity contribution in [2.75, 3.05) is 16.5 Å². The molecule has 0 bridgehead atoms. The average Bonchev–Trinajstić information content (AvgIpc) is 2.70. The van der Waals surface area contributed by atoms with Crippen LogP contribution in [0.4, 0.5) is 22.7 Å². The SMILES string of the molecule is [2H]C([2H])([2H])c1cc(-n2c3ccccc3c3c(-c4ccc(C(C)(C)C)cc4)cc(Oc4cccc(N5CN(c6c(-c7ccc(C(C)(C)C)cc7)cccc6-c6cccc(-c7ccccc7)c6)c6ccccc65)c4)cc32)ncc1-c1ccccc1. The molecule has 0 saturated heterocycles. The molecule has 0 amide bonds. The molecule has 390 valence electrons. The number of ether oxygens (including phenoxy) is 1. The van der Waals surface area contributed by atoms with Crippen LogP contribution >= 0.6 is 0 Å². The molecule has 5 heteroatoms. The number of para-hydroxylation sites is 4. The summed E-state index contributed by atoms with van der Waals surface area (Å²) in [6.07, 6.45) is 1.70. The molecule has 2 aromatic heterocycles. The number of fused-ring (bicyclic) bond motifs is 4. The molecule has 13 rings (SSSR count). The summed E-state index contributed by atoms with van der Waals surface area (Å²) in [4.78, 5) is 9.92. The van der Waals surface area contributed by atoms with Gasteiger partial charge in [-0.05, 0) is 122 Å². The van der Waals surface area contributed by atoms with E-state index in [1.807, 2.05) is 42.5 Å². The van der Waals surface area contributed by atoms with E-state index >= 15 is 0 Å². The molecule has 12 aromatic rings. The van der Waals surface area contributed by atoms with Gasteiger partial charge in [0.15, 0.2) is 0 Å². The summed E-state index contributed by atoms with van der Waals surface area (Å²) in [5.74, 6) is 1.80. The molecule has 0 radical (unpaired) electrons. The Balaban J connectivity index is 0.934. The highest BCUT2D eigenvalue weighted by Gasteiger charge is 2.32. The van der Waals surface area contributed by atoms with Gasteiger partial charge in [-0.3, -0.25) is 4.57 Å². The third-order valence-electron chi connectivity index (χ3n) is 15.8. The van der Waals surface area contributed by atoms with E-state index in [1.54, 1.807) is 12.3 Å². The Morgan fingerprint density at radius 3 is 1.68 bits per heavy atom. The van der Waals surface area contributed by atoms with Crippen LogP contribution in [-0.4, -0.2) is 16.2 Å². The number of pyridine rings is 1. The monoisotopic (exact) mass is 1040 g/mol. The van der Waals surface area contributed by atoms with Crippen molar-refractivity contribution in [1.29, 1.82) is 0 Å². The molecule has 1 aliphatic heterocycles. The average molecular weight is 1040 g/mol. The van der Waals surface area contributed by atoms with Crippen molar-refractivity contribution in [1.82, 2.24) is 9.55 Å². The fraction of sp³-hybridized carbons (Fsp3) is 0.133. The van der Waals surface area contributed by atoms with Gasteiger partial charge in [-0.2, -0.15) is 0 Å². The summed E-state index contributed by atoms with van der Waals surface area (Å²) in [5, 5.41) is 2.03. The summed E-state index contributed by atoms with van der Waals surface area (Å²) in [6.45, 7) is 11.6. The van der Waals surface area contributed by atoms with Gasteiger partial charge in [-0.15, -0.1) is 0 Å². The van der Waals surface area contributed by atoms with E-state index < -0.39 is 6.85 Å². The Hall–Kier alpha value is -9.45. The lowest BCUT2D eigenvalue weighted by molar-refractivity contribution is 0.483. The van der Waals surface area contributed by atoms with Crippen molar-refractivity contribution in [2.45, 2.75) is 59.2 Å². The number of nitrogens with zero attached hydrogens (tertiary/aromatic N) is 4. The Morgan fingerprint density at radius 1 is 0.425 bits per heavy atom. The van der Waals surface area contributed by atoms with E-state index in [-0.39, 0.29) is 16.4 Å². The number of aryl methyl sites for hydroxylation is 1. The highest BCUT2D eigenvalue weighted by Crippen LogP contribution is 2.51. The maximum atomic E-state index is 8.77. The first-order valence-electron chi connectivity index (χ1n) is 29.1. The molecular weight excluding hydrogens is 973 g/mol. The molecule has 0 unspecified atom stereocenters. The highest BCUT2D eigenvalue weighted by atomic mass is 16.5. The van der Waals surface area contributed by atoms with Crippen molar-refractivity contribution in [3.05, 3.63) is 266 Å². The number of hydrogen-bond donors (Lipinski definition) is 0. The molecule has 0 atom stereocenters. The molecule has 1 aliphatic rings. The second-order valence-electron chi connectivity index (χ2n) is 23.1. The molecule has 3 heterocycles. The first kappa shape index (κ1) is 46.6. The quantitative estimate of drug-likeness (QED) is 0.137. The standard InChI is InChI=1S/C75H64N4O/c1-50-43-71(76-48-66(50)52-23-12-9-13-24-52)79-67-32-15-14-29-64(67)72-65(54-37-41-58(42-38-54)75(5,6)7)46-61(47-70(72)79)80-60-28-19-27-59(45-60)77-49-78(69-34-17-16-33-68(69)77)73-62(53-35-39-57(40-36-53)74(2,3)4)30-20-31-63(73)56-26-18-25-55(44-56)51-21-10-8-11-22-51/h8-48H,49H2,1-7H3/i1D3. The van der Waals surface area contributed by atoms with E-state index in [2.05, 4.69) is 250 Å². The lowest BCUT2D eigenvalue weighted by Gasteiger charge is -2.28. The van der Waals surface area contributed by atoms with Crippen LogP contribution < -0.4 is 14.5 Å². The normalized spacial score (nSPS) is 13.3. The van der Waals surface area contributed by atoms with Crippen molar-refractivity contribution >= 4 is 44.6 Å². The molecule has 80 heavy (non-hydrogen) atoms. The van der Waals surface area contributed by atoms with E-state index in [9.17, 15) is 0 Å². The van der Waals surface area contributed by atoms with Crippen LogP contribution in [0.15, 0.2) is 249 Å². The molecule has 10 aromatic carbocycles. The van der Waals surface area contributed by atoms with Crippen molar-refractivity contribution in [3.8, 4) is 73.0 Å². The summed E-state index contributed by atoms with van der Waals surface area (Å²) in [5.41, 5.74) is 19.1. The fourth-order valence-corrected chi connectivity index (χ4v) is 11.6. The van der Waals surface area contributed by atoms with Crippen LogP contribution in [0.5, 0.6) is 11.5 Å². The van der Waals surface area contributed by atoms with Gasteiger partial charge in [0.25, 0.3) is 0 Å². The molecule has 0 aliphatic carbocycles. The summed E-state index contributed by atoms with van der Waals surface area (Å²) in [7, 11) is 0. The largest absolute Gasteiger partial charge is 0.457 e. The van der Waals surface area contributed by atoms with Crippen LogP contribution in [0.2, 0.25) is 0 Å². The van der Waals surface area contributed by atoms with Crippen LogP contribution in [0.25, 0.3) is 83.3 Å². The number of hydrogen-bond acceptors (Lipinski definition) is 4. The van der Waals surface area contributed by atoms with Crippen LogP contribution in [0.1, 0.15) is 62.3 Å². The minimum atomic E-state index is -2.41. The molecule has 0 N–H and O–H groups in total. The summed E-state index contributed by atoms with van der Waals surface area (Å²) >= 11 is 0. The first-order valence-corrected chi connectivity index (χ1v) is 27.6. The molecule has 0 spiro atoms. The van der Waals surface area contributed by atoms with E-state index in [1.165, 1.54) is 16.7 Å². The third kappa shape index (κ3) is 9.28. The highest BCUT2D eigenvalue weighted by molar-refractivity contribution is 6.16. The van der Waals surface area contributed by atoms with Gasteiger partial charge < -0.3 is 14.5 Å². The number of rotatable bonds is 10. The zero-order valence-corrected chi connectivity index (χ0v) is 46.1. The van der Waals surface area contributed by atoms with Crippen LogP contribution in [0, 0.1) is 6.85 Å². The van der Waals surface area contributed by atoms with Gasteiger partial charge >= 0.3 is 0 Å². The topological polar surface area (TPSA) is 33.5 Å². The second kappa shape index (κ2) is 20.1. The molecule has 0 fully saturated rings. The van der Waals surface area contributed by atoms with Crippen molar-refractivity contribution < 1.29 is 8.85 Å². The molecule has 0 saturated carbocycles. The predicted molar refractivity (Wildman–Crippen MR) is 336 cm³/mol.